The molecule has 0 aliphatic carbocycles. The Labute approximate surface area is 119 Å². The van der Waals surface area contributed by atoms with Gasteiger partial charge in [0.25, 0.3) is 5.91 Å². The molecule has 21 heavy (non-hydrogen) atoms. The number of methoxy groups -OCH3 is 1. The highest BCUT2D eigenvalue weighted by Crippen LogP contribution is 2.12. The summed E-state index contributed by atoms with van der Waals surface area (Å²) in [6.45, 7) is 0. The molecule has 2 amide bonds. The Morgan fingerprint density at radius 2 is 1.90 bits per heavy atom. The average Bonchev–Trinajstić information content (AvgIpc) is 2.47. The van der Waals surface area contributed by atoms with Gasteiger partial charge in [0.1, 0.15) is 6.26 Å². The number of benzene rings is 1. The average molecular weight is 288 g/mol. The van der Waals surface area contributed by atoms with Crippen LogP contribution in [0.4, 0.5) is 5.69 Å². The minimum absolute atomic E-state index is 0.0114. The Balaban J connectivity index is 2.16. The maximum absolute atomic E-state index is 11.9. The van der Waals surface area contributed by atoms with Crippen molar-refractivity contribution in [2.24, 2.45) is 5.73 Å². The summed E-state index contributed by atoms with van der Waals surface area (Å²) < 4.78 is 9.77. The highest BCUT2D eigenvalue weighted by atomic mass is 16.5. The number of amides is 2. The Kier molecular flexibility index (Phi) is 4.03. The van der Waals surface area contributed by atoms with Crippen LogP contribution in [-0.4, -0.2) is 18.9 Å². The van der Waals surface area contributed by atoms with E-state index < -0.39 is 17.2 Å². The minimum Gasteiger partial charge on any atom is -0.490 e. The fourth-order valence-corrected chi connectivity index (χ4v) is 1.58. The predicted molar refractivity (Wildman–Crippen MR) is 74.4 cm³/mol. The molecule has 1 aromatic carbocycles. The summed E-state index contributed by atoms with van der Waals surface area (Å²) in [6, 6.07) is 7.01. The number of hydrogen-bond donors (Lipinski definition) is 2. The van der Waals surface area contributed by atoms with Crippen LogP contribution in [0.25, 0.3) is 0 Å². The number of nitrogens with one attached hydrogen (secondary N) is 1. The second-order valence-electron chi connectivity index (χ2n) is 4.07. The molecular formula is C14H12N2O5. The molecule has 0 spiro atoms. The van der Waals surface area contributed by atoms with Gasteiger partial charge in [0, 0.05) is 17.3 Å². The van der Waals surface area contributed by atoms with Gasteiger partial charge in [0.05, 0.1) is 7.11 Å². The van der Waals surface area contributed by atoms with Crippen LogP contribution in [0.1, 0.15) is 20.9 Å². The summed E-state index contributed by atoms with van der Waals surface area (Å²) >= 11 is 0. The number of rotatable bonds is 4. The molecule has 1 heterocycles. The lowest BCUT2D eigenvalue weighted by Crippen LogP contribution is -2.15. The summed E-state index contributed by atoms with van der Waals surface area (Å²) in [5.74, 6) is -1.30. The topological polar surface area (TPSA) is 112 Å². The number of anilines is 1. The van der Waals surface area contributed by atoms with E-state index in [1.165, 1.54) is 31.4 Å². The molecule has 1 aromatic heterocycles. The molecule has 0 saturated heterocycles. The van der Waals surface area contributed by atoms with Crippen LogP contribution in [0, 0.1) is 0 Å². The van der Waals surface area contributed by atoms with Crippen molar-refractivity contribution in [3.63, 3.8) is 0 Å². The van der Waals surface area contributed by atoms with E-state index in [0.717, 1.165) is 12.3 Å². The fraction of sp³-hybridized carbons (Fsp3) is 0.0714. The highest BCUT2D eigenvalue weighted by Gasteiger charge is 2.12. The summed E-state index contributed by atoms with van der Waals surface area (Å²) in [6.07, 6.45) is 1.06. The van der Waals surface area contributed by atoms with Crippen LogP contribution < -0.4 is 21.2 Å². The zero-order chi connectivity index (χ0) is 15.4. The third-order valence-corrected chi connectivity index (χ3v) is 2.67. The number of ether oxygens (including phenoxy) is 1. The Morgan fingerprint density at radius 1 is 1.24 bits per heavy atom. The third-order valence-electron chi connectivity index (χ3n) is 2.67. The zero-order valence-electron chi connectivity index (χ0n) is 11.1. The van der Waals surface area contributed by atoms with Crippen molar-refractivity contribution in [1.29, 1.82) is 0 Å². The molecule has 7 heteroatoms. The van der Waals surface area contributed by atoms with E-state index in [9.17, 15) is 14.4 Å². The molecule has 0 radical (unpaired) electrons. The van der Waals surface area contributed by atoms with Crippen molar-refractivity contribution < 1.29 is 18.7 Å². The van der Waals surface area contributed by atoms with Gasteiger partial charge in [0.2, 0.25) is 17.1 Å². The largest absolute Gasteiger partial charge is 0.490 e. The van der Waals surface area contributed by atoms with E-state index in [-0.39, 0.29) is 11.5 Å². The standard InChI is InChI=1S/C14H12N2O5/c1-20-12-7-21-11(6-10(12)17)14(19)16-9-4-2-8(3-5-9)13(15)18/h2-7H,1H3,(H2,15,18)(H,16,19). The second-order valence-corrected chi connectivity index (χ2v) is 4.07. The lowest BCUT2D eigenvalue weighted by atomic mass is 10.2. The molecule has 0 fully saturated rings. The van der Waals surface area contributed by atoms with Crippen LogP contribution in [0.5, 0.6) is 5.75 Å². The normalized spacial score (nSPS) is 9.95. The van der Waals surface area contributed by atoms with Gasteiger partial charge in [-0.25, -0.2) is 0 Å². The Morgan fingerprint density at radius 3 is 2.43 bits per heavy atom. The van der Waals surface area contributed by atoms with E-state index in [1.54, 1.807) is 0 Å². The van der Waals surface area contributed by atoms with Crippen molar-refractivity contribution >= 4 is 17.5 Å². The summed E-state index contributed by atoms with van der Waals surface area (Å²) in [7, 11) is 1.33. The molecule has 0 aliphatic heterocycles. The lowest BCUT2D eigenvalue weighted by Gasteiger charge is -2.05. The van der Waals surface area contributed by atoms with Crippen molar-refractivity contribution in [1.82, 2.24) is 0 Å². The maximum atomic E-state index is 11.9. The van der Waals surface area contributed by atoms with E-state index in [2.05, 4.69) is 5.32 Å². The number of primary amides is 1. The summed E-state index contributed by atoms with van der Waals surface area (Å²) in [4.78, 5) is 34.4. The van der Waals surface area contributed by atoms with Gasteiger partial charge >= 0.3 is 0 Å². The monoisotopic (exact) mass is 288 g/mol. The Bertz CT molecular complexity index is 734. The van der Waals surface area contributed by atoms with E-state index >= 15 is 0 Å². The first kappa shape index (κ1) is 14.3. The predicted octanol–water partition coefficient (Wildman–Crippen LogP) is 1.000. The first-order valence-electron chi connectivity index (χ1n) is 5.89. The second kappa shape index (κ2) is 5.91. The Hall–Kier alpha value is -3.09. The van der Waals surface area contributed by atoms with Gasteiger partial charge in [-0.05, 0) is 24.3 Å². The van der Waals surface area contributed by atoms with Crippen molar-refractivity contribution in [2.45, 2.75) is 0 Å². The van der Waals surface area contributed by atoms with Crippen LogP contribution in [0.2, 0.25) is 0 Å². The molecule has 0 saturated carbocycles. The van der Waals surface area contributed by atoms with Crippen LogP contribution in [0.15, 0.2) is 45.8 Å². The first-order valence-corrected chi connectivity index (χ1v) is 5.89. The highest BCUT2D eigenvalue weighted by molar-refractivity contribution is 6.02. The van der Waals surface area contributed by atoms with Crippen molar-refractivity contribution in [3.8, 4) is 5.75 Å². The van der Waals surface area contributed by atoms with Gasteiger partial charge in [-0.15, -0.1) is 0 Å². The van der Waals surface area contributed by atoms with Crippen LogP contribution in [-0.2, 0) is 0 Å². The van der Waals surface area contributed by atoms with Crippen LogP contribution in [0.3, 0.4) is 0 Å². The molecule has 0 aliphatic rings. The van der Waals surface area contributed by atoms with Gasteiger partial charge in [0.15, 0.2) is 5.76 Å². The van der Waals surface area contributed by atoms with Gasteiger partial charge < -0.3 is 20.2 Å². The number of nitrogens with two attached hydrogens (primary N) is 1. The fourth-order valence-electron chi connectivity index (χ4n) is 1.58. The molecule has 0 bridgehead atoms. The van der Waals surface area contributed by atoms with Crippen molar-refractivity contribution in [2.75, 3.05) is 12.4 Å². The van der Waals surface area contributed by atoms with Gasteiger partial charge in [-0.1, -0.05) is 0 Å². The summed E-state index contributed by atoms with van der Waals surface area (Å²) in [5, 5.41) is 2.52. The lowest BCUT2D eigenvalue weighted by molar-refractivity contribution is 0.0989. The van der Waals surface area contributed by atoms with E-state index in [4.69, 9.17) is 14.9 Å². The minimum atomic E-state index is -0.596. The van der Waals surface area contributed by atoms with Crippen molar-refractivity contribution in [3.05, 3.63) is 58.1 Å². The molecule has 2 rings (SSSR count). The zero-order valence-corrected chi connectivity index (χ0v) is 11.1. The molecule has 3 N–H and O–H groups in total. The molecule has 0 atom stereocenters. The molecule has 2 aromatic rings. The molecule has 108 valence electrons. The SMILES string of the molecule is COc1coc(C(=O)Nc2ccc(C(N)=O)cc2)cc1=O. The maximum Gasteiger partial charge on any atom is 0.291 e. The first-order chi connectivity index (χ1) is 10.0. The molecule has 0 unspecified atom stereocenters. The number of hydrogen-bond acceptors (Lipinski definition) is 5. The summed E-state index contributed by atoms with van der Waals surface area (Å²) in [5.41, 5.74) is 5.41. The molecular weight excluding hydrogens is 276 g/mol. The third kappa shape index (κ3) is 3.27. The van der Waals surface area contributed by atoms with E-state index in [0.29, 0.717) is 11.3 Å². The van der Waals surface area contributed by atoms with E-state index in [1.807, 2.05) is 0 Å². The van der Waals surface area contributed by atoms with Gasteiger partial charge in [-0.3, -0.25) is 14.4 Å². The number of carbonyl (C=O) groups excluding carboxylic acids is 2. The van der Waals surface area contributed by atoms with Crippen LogP contribution >= 0.6 is 0 Å². The number of carbonyl (C=O) groups is 2. The molecule has 7 nitrogen and oxygen atoms in total. The van der Waals surface area contributed by atoms with Gasteiger partial charge in [-0.2, -0.15) is 0 Å². The smallest absolute Gasteiger partial charge is 0.291 e. The quantitative estimate of drug-likeness (QED) is 0.871.